The van der Waals surface area contributed by atoms with E-state index in [4.69, 9.17) is 10.9 Å². The van der Waals surface area contributed by atoms with Gasteiger partial charge in [-0.15, -0.1) is 6.42 Å². The maximum Gasteiger partial charge on any atom is 0.240 e. The molecule has 1 aromatic heterocycles. The summed E-state index contributed by atoms with van der Waals surface area (Å²) in [4.78, 5) is 4.26. The first-order chi connectivity index (χ1) is 7.01. The van der Waals surface area contributed by atoms with Crippen LogP contribution in [0.2, 0.25) is 0 Å². The smallest absolute Gasteiger partial charge is 0.240 e. The quantitative estimate of drug-likeness (QED) is 0.598. The molecule has 1 rings (SSSR count). The standard InChI is InChI=1S/C11H17N3O/c1-5-6-12-8-10-13-9(14-15-10)7-11(2,3)4/h1,12H,6-8H2,2-4H3. The highest BCUT2D eigenvalue weighted by atomic mass is 16.5. The topological polar surface area (TPSA) is 51.0 Å². The van der Waals surface area contributed by atoms with Gasteiger partial charge in [-0.05, 0) is 5.41 Å². The van der Waals surface area contributed by atoms with E-state index < -0.39 is 0 Å². The lowest BCUT2D eigenvalue weighted by Gasteiger charge is -2.14. The van der Waals surface area contributed by atoms with Gasteiger partial charge in [0.1, 0.15) is 0 Å². The molecule has 0 spiro atoms. The summed E-state index contributed by atoms with van der Waals surface area (Å²) in [7, 11) is 0. The van der Waals surface area contributed by atoms with Gasteiger partial charge in [-0.3, -0.25) is 5.32 Å². The Labute approximate surface area is 90.4 Å². The van der Waals surface area contributed by atoms with Crippen molar-refractivity contribution in [2.75, 3.05) is 6.54 Å². The summed E-state index contributed by atoms with van der Waals surface area (Å²) < 4.78 is 5.06. The lowest BCUT2D eigenvalue weighted by atomic mass is 9.92. The van der Waals surface area contributed by atoms with Gasteiger partial charge in [0.05, 0.1) is 13.1 Å². The van der Waals surface area contributed by atoms with Crippen LogP contribution >= 0.6 is 0 Å². The lowest BCUT2D eigenvalue weighted by molar-refractivity contribution is 0.350. The predicted molar refractivity (Wildman–Crippen MR) is 58.0 cm³/mol. The van der Waals surface area contributed by atoms with Crippen molar-refractivity contribution in [1.29, 1.82) is 0 Å². The minimum absolute atomic E-state index is 0.174. The molecule has 1 heterocycles. The van der Waals surface area contributed by atoms with Gasteiger partial charge in [0.25, 0.3) is 0 Å². The van der Waals surface area contributed by atoms with E-state index in [2.05, 4.69) is 42.1 Å². The Morgan fingerprint density at radius 1 is 1.47 bits per heavy atom. The number of nitrogens with zero attached hydrogens (tertiary/aromatic N) is 2. The molecule has 0 unspecified atom stereocenters. The van der Waals surface area contributed by atoms with E-state index in [0.29, 0.717) is 19.0 Å². The summed E-state index contributed by atoms with van der Waals surface area (Å²) in [6, 6.07) is 0. The first-order valence-corrected chi connectivity index (χ1v) is 4.97. The fourth-order valence-electron chi connectivity index (χ4n) is 1.15. The van der Waals surface area contributed by atoms with Crippen LogP contribution in [0.3, 0.4) is 0 Å². The van der Waals surface area contributed by atoms with Gasteiger partial charge in [0.2, 0.25) is 5.89 Å². The maximum absolute atomic E-state index is 5.10. The zero-order valence-electron chi connectivity index (χ0n) is 9.50. The van der Waals surface area contributed by atoms with Crippen molar-refractivity contribution in [2.24, 2.45) is 5.41 Å². The maximum atomic E-state index is 5.10. The first kappa shape index (κ1) is 11.7. The molecule has 0 aliphatic heterocycles. The lowest BCUT2D eigenvalue weighted by Crippen LogP contribution is -2.14. The van der Waals surface area contributed by atoms with Crippen LogP contribution < -0.4 is 5.32 Å². The Kier molecular flexibility index (Phi) is 3.87. The third-order valence-corrected chi connectivity index (χ3v) is 1.70. The zero-order valence-corrected chi connectivity index (χ0v) is 9.50. The normalized spacial score (nSPS) is 11.3. The Bertz CT molecular complexity index is 343. The van der Waals surface area contributed by atoms with Crippen LogP contribution in [-0.4, -0.2) is 16.7 Å². The second kappa shape index (κ2) is 4.94. The van der Waals surface area contributed by atoms with Gasteiger partial charge in [0, 0.05) is 6.42 Å². The molecule has 1 N–H and O–H groups in total. The molecular weight excluding hydrogens is 190 g/mol. The molecule has 0 fully saturated rings. The highest BCUT2D eigenvalue weighted by Gasteiger charge is 2.15. The van der Waals surface area contributed by atoms with E-state index in [1.54, 1.807) is 0 Å². The van der Waals surface area contributed by atoms with Crippen molar-refractivity contribution in [3.05, 3.63) is 11.7 Å². The number of nitrogens with one attached hydrogen (secondary N) is 1. The van der Waals surface area contributed by atoms with Crippen LogP contribution in [0.25, 0.3) is 0 Å². The molecule has 0 saturated heterocycles. The molecule has 0 bridgehead atoms. The van der Waals surface area contributed by atoms with E-state index in [0.717, 1.165) is 12.2 Å². The minimum Gasteiger partial charge on any atom is -0.338 e. The summed E-state index contributed by atoms with van der Waals surface area (Å²) >= 11 is 0. The Morgan fingerprint density at radius 3 is 2.80 bits per heavy atom. The summed E-state index contributed by atoms with van der Waals surface area (Å²) in [5.41, 5.74) is 0.174. The van der Waals surface area contributed by atoms with Crippen molar-refractivity contribution in [3.63, 3.8) is 0 Å². The SMILES string of the molecule is C#CCNCc1nc(CC(C)(C)C)no1. The number of terminal acetylenes is 1. The van der Waals surface area contributed by atoms with Gasteiger partial charge >= 0.3 is 0 Å². The predicted octanol–water partition coefficient (Wildman–Crippen LogP) is 1.38. The molecule has 0 radical (unpaired) electrons. The molecule has 0 saturated carbocycles. The van der Waals surface area contributed by atoms with Crippen molar-refractivity contribution in [1.82, 2.24) is 15.5 Å². The van der Waals surface area contributed by atoms with Gasteiger partial charge in [-0.25, -0.2) is 0 Å². The van der Waals surface area contributed by atoms with Gasteiger partial charge in [-0.1, -0.05) is 31.8 Å². The molecule has 0 amide bonds. The number of hydrogen-bond donors (Lipinski definition) is 1. The molecule has 1 aromatic rings. The zero-order chi connectivity index (χ0) is 11.3. The average Bonchev–Trinajstić information content (AvgIpc) is 2.50. The van der Waals surface area contributed by atoms with Crippen molar-refractivity contribution in [2.45, 2.75) is 33.7 Å². The van der Waals surface area contributed by atoms with Crippen LogP contribution in [0.1, 0.15) is 32.5 Å². The summed E-state index contributed by atoms with van der Waals surface area (Å²) in [5, 5.41) is 6.90. The highest BCUT2D eigenvalue weighted by molar-refractivity contribution is 4.91. The largest absolute Gasteiger partial charge is 0.338 e. The van der Waals surface area contributed by atoms with Crippen LogP contribution in [-0.2, 0) is 13.0 Å². The van der Waals surface area contributed by atoms with Crippen LogP contribution in [0.15, 0.2) is 4.52 Å². The molecule has 15 heavy (non-hydrogen) atoms. The van der Waals surface area contributed by atoms with Crippen molar-refractivity contribution in [3.8, 4) is 12.3 Å². The van der Waals surface area contributed by atoms with E-state index >= 15 is 0 Å². The first-order valence-electron chi connectivity index (χ1n) is 4.97. The van der Waals surface area contributed by atoms with Gasteiger partial charge < -0.3 is 4.52 Å². The molecule has 0 aliphatic rings. The second-order valence-electron chi connectivity index (χ2n) is 4.65. The van der Waals surface area contributed by atoms with Crippen molar-refractivity contribution >= 4 is 0 Å². The fraction of sp³-hybridized carbons (Fsp3) is 0.636. The van der Waals surface area contributed by atoms with Crippen molar-refractivity contribution < 1.29 is 4.52 Å². The van der Waals surface area contributed by atoms with Crippen LogP contribution in [0, 0.1) is 17.8 Å². The van der Waals surface area contributed by atoms with Gasteiger partial charge in [0.15, 0.2) is 5.82 Å². The third-order valence-electron chi connectivity index (χ3n) is 1.70. The Balaban J connectivity index is 2.46. The number of rotatable bonds is 4. The van der Waals surface area contributed by atoms with E-state index in [1.165, 1.54) is 0 Å². The molecule has 4 heteroatoms. The van der Waals surface area contributed by atoms with Crippen LogP contribution in [0.5, 0.6) is 0 Å². The summed E-state index contributed by atoms with van der Waals surface area (Å²) in [6.07, 6.45) is 5.91. The van der Waals surface area contributed by atoms with E-state index in [1.807, 2.05) is 0 Å². The third kappa shape index (κ3) is 4.61. The molecule has 4 nitrogen and oxygen atoms in total. The summed E-state index contributed by atoms with van der Waals surface area (Å²) in [5.74, 6) is 3.82. The number of hydrogen-bond acceptors (Lipinski definition) is 4. The molecular formula is C11H17N3O. The molecule has 0 atom stereocenters. The molecule has 0 aliphatic carbocycles. The molecule has 0 aromatic carbocycles. The monoisotopic (exact) mass is 207 g/mol. The highest BCUT2D eigenvalue weighted by Crippen LogP contribution is 2.18. The van der Waals surface area contributed by atoms with E-state index in [9.17, 15) is 0 Å². The van der Waals surface area contributed by atoms with Gasteiger partial charge in [-0.2, -0.15) is 4.98 Å². The average molecular weight is 207 g/mol. The molecule has 82 valence electrons. The Morgan fingerprint density at radius 2 is 2.20 bits per heavy atom. The van der Waals surface area contributed by atoms with Crippen LogP contribution in [0.4, 0.5) is 0 Å². The Hall–Kier alpha value is -1.34. The number of aromatic nitrogens is 2. The fourth-order valence-corrected chi connectivity index (χ4v) is 1.15. The summed E-state index contributed by atoms with van der Waals surface area (Å²) in [6.45, 7) is 7.46. The van der Waals surface area contributed by atoms with E-state index in [-0.39, 0.29) is 5.41 Å². The minimum atomic E-state index is 0.174. The second-order valence-corrected chi connectivity index (χ2v) is 4.65.